The van der Waals surface area contributed by atoms with E-state index in [1.807, 2.05) is 0 Å². The van der Waals surface area contributed by atoms with E-state index < -0.39 is 81.8 Å². The lowest BCUT2D eigenvalue weighted by molar-refractivity contribution is -0.210. The number of rotatable bonds is 2. The van der Waals surface area contributed by atoms with Crippen molar-refractivity contribution in [2.75, 3.05) is 21.1 Å². The highest BCUT2D eigenvalue weighted by Crippen LogP contribution is 2.55. The molecule has 0 saturated heterocycles. The van der Waals surface area contributed by atoms with E-state index in [-0.39, 0.29) is 11.1 Å². The van der Waals surface area contributed by atoms with Crippen molar-refractivity contribution in [2.45, 2.75) is 30.3 Å². The summed E-state index contributed by atoms with van der Waals surface area (Å²) >= 11 is 0. The van der Waals surface area contributed by atoms with Crippen LogP contribution in [-0.4, -0.2) is 93.3 Å². The van der Waals surface area contributed by atoms with Crippen LogP contribution in [0.5, 0.6) is 5.75 Å². The molecule has 0 heterocycles. The predicted molar refractivity (Wildman–Crippen MR) is 113 cm³/mol. The zero-order valence-corrected chi connectivity index (χ0v) is 19.0. The van der Waals surface area contributed by atoms with Crippen LogP contribution in [0.2, 0.25) is 0 Å². The number of phenolic OH excluding ortho intramolecular Hbond substituents is 1. The van der Waals surface area contributed by atoms with Gasteiger partial charge in [-0.15, -0.1) is 0 Å². The van der Waals surface area contributed by atoms with Crippen molar-refractivity contribution in [3.8, 4) is 5.75 Å². The number of Topliss-reactive ketones (excluding diaryl/α,β-unsaturated/α-hetero) is 4. The summed E-state index contributed by atoms with van der Waals surface area (Å²) in [6.07, 6.45) is -1.88. The number of fused-ring (bicyclic) bond motifs is 3. The molecule has 8 atom stereocenters. The highest BCUT2D eigenvalue weighted by molar-refractivity contribution is 6.32. The first-order valence-electron chi connectivity index (χ1n) is 10.7. The maximum absolute atomic E-state index is 13.8. The SMILES string of the molecule is CNC(=O)C1C(=O)C(N(C)C)C2C(O)C3C(C(=O)c4c(O)cccc4C3(C)O)C(=O)C2(O)C1=O. The Morgan fingerprint density at radius 1 is 1.06 bits per heavy atom. The molecule has 182 valence electrons. The third kappa shape index (κ3) is 2.75. The number of hydrogen-bond donors (Lipinski definition) is 5. The molecule has 0 spiro atoms. The van der Waals surface area contributed by atoms with Crippen molar-refractivity contribution in [1.82, 2.24) is 10.2 Å². The van der Waals surface area contributed by atoms with Crippen LogP contribution in [0, 0.1) is 23.7 Å². The van der Waals surface area contributed by atoms with E-state index in [1.54, 1.807) is 0 Å². The van der Waals surface area contributed by atoms with E-state index in [0.717, 1.165) is 0 Å². The summed E-state index contributed by atoms with van der Waals surface area (Å²) in [4.78, 5) is 67.5. The first kappa shape index (κ1) is 24.1. The Morgan fingerprint density at radius 3 is 2.24 bits per heavy atom. The standard InChI is InChI=1S/C23H26N2O9/c1-22(33)8-6-5-7-9(26)10(8)16(27)11-13(22)18(29)14-15(25(3)4)17(28)12(21(32)24-2)20(31)23(14,34)19(11)30/h5-7,11-15,18,26,29,33-34H,1-4H3,(H,24,32). The Hall–Kier alpha value is -2.99. The first-order valence-corrected chi connectivity index (χ1v) is 10.7. The van der Waals surface area contributed by atoms with Crippen molar-refractivity contribution in [1.29, 1.82) is 0 Å². The fourth-order valence-electron chi connectivity index (χ4n) is 6.09. The highest BCUT2D eigenvalue weighted by Gasteiger charge is 2.74. The zero-order valence-electron chi connectivity index (χ0n) is 19.0. The van der Waals surface area contributed by atoms with E-state index in [0.29, 0.717) is 0 Å². The summed E-state index contributed by atoms with van der Waals surface area (Å²) in [5.41, 5.74) is -5.51. The number of aromatic hydroxyl groups is 1. The Kier molecular flexibility index (Phi) is 5.33. The summed E-state index contributed by atoms with van der Waals surface area (Å²) in [5, 5.41) is 47.0. The van der Waals surface area contributed by atoms with Gasteiger partial charge in [-0.25, -0.2) is 0 Å². The molecule has 3 aliphatic rings. The maximum atomic E-state index is 13.8. The van der Waals surface area contributed by atoms with Gasteiger partial charge in [-0.1, -0.05) is 12.1 Å². The molecule has 2 saturated carbocycles. The monoisotopic (exact) mass is 474 g/mol. The molecule has 4 rings (SSSR count). The molecule has 5 N–H and O–H groups in total. The number of aliphatic hydroxyl groups is 3. The highest BCUT2D eigenvalue weighted by atomic mass is 16.3. The molecule has 0 bridgehead atoms. The number of phenols is 1. The van der Waals surface area contributed by atoms with E-state index >= 15 is 0 Å². The van der Waals surface area contributed by atoms with Gasteiger partial charge in [-0.2, -0.15) is 0 Å². The lowest BCUT2D eigenvalue weighted by Crippen LogP contribution is -2.79. The van der Waals surface area contributed by atoms with Crippen LogP contribution in [0.25, 0.3) is 0 Å². The second-order valence-corrected chi connectivity index (χ2v) is 9.58. The molecule has 2 fully saturated rings. The van der Waals surface area contributed by atoms with Crippen molar-refractivity contribution in [3.63, 3.8) is 0 Å². The summed E-state index contributed by atoms with van der Waals surface area (Å²) in [5.74, 6) is -13.5. The number of carbonyl (C=O) groups excluding carboxylic acids is 5. The molecule has 8 unspecified atom stereocenters. The van der Waals surface area contributed by atoms with Gasteiger partial charge in [0.25, 0.3) is 0 Å². The van der Waals surface area contributed by atoms with Gasteiger partial charge < -0.3 is 25.7 Å². The molecule has 1 amide bonds. The number of carbonyl (C=O) groups is 5. The topological polar surface area (TPSA) is 182 Å². The van der Waals surface area contributed by atoms with Crippen molar-refractivity contribution in [2.24, 2.45) is 23.7 Å². The molecule has 34 heavy (non-hydrogen) atoms. The Balaban J connectivity index is 1.99. The van der Waals surface area contributed by atoms with Gasteiger partial charge in [0.2, 0.25) is 5.91 Å². The fourth-order valence-corrected chi connectivity index (χ4v) is 6.09. The smallest absolute Gasteiger partial charge is 0.238 e. The molecule has 11 nitrogen and oxygen atoms in total. The summed E-state index contributed by atoms with van der Waals surface area (Å²) in [7, 11) is 4.01. The average Bonchev–Trinajstić information content (AvgIpc) is 2.76. The predicted octanol–water partition coefficient (Wildman–Crippen LogP) is -2.24. The number of nitrogens with one attached hydrogen (secondary N) is 1. The Labute approximate surface area is 194 Å². The first-order chi connectivity index (χ1) is 15.7. The van der Waals surface area contributed by atoms with Gasteiger partial charge in [-0.05, 0) is 32.6 Å². The number of nitrogens with zero attached hydrogens (tertiary/aromatic N) is 1. The lowest BCUT2D eigenvalue weighted by Gasteiger charge is -2.57. The van der Waals surface area contributed by atoms with Crippen molar-refractivity contribution in [3.05, 3.63) is 29.3 Å². The summed E-state index contributed by atoms with van der Waals surface area (Å²) in [6.45, 7) is 1.25. The Morgan fingerprint density at radius 2 is 1.68 bits per heavy atom. The quantitative estimate of drug-likeness (QED) is 0.294. The maximum Gasteiger partial charge on any atom is 0.238 e. The molecule has 1 aromatic carbocycles. The van der Waals surface area contributed by atoms with Crippen LogP contribution in [0.15, 0.2) is 18.2 Å². The van der Waals surface area contributed by atoms with E-state index in [4.69, 9.17) is 0 Å². The minimum Gasteiger partial charge on any atom is -0.507 e. The lowest BCUT2D eigenvalue weighted by atomic mass is 9.48. The number of hydrogen-bond acceptors (Lipinski definition) is 10. The number of amides is 1. The fraction of sp³-hybridized carbons (Fsp3) is 0.522. The van der Waals surface area contributed by atoms with Crippen LogP contribution in [0.4, 0.5) is 0 Å². The van der Waals surface area contributed by atoms with Gasteiger partial charge in [-0.3, -0.25) is 28.9 Å². The van der Waals surface area contributed by atoms with Gasteiger partial charge in [0.1, 0.15) is 5.75 Å². The minimum atomic E-state index is -3.06. The van der Waals surface area contributed by atoms with Gasteiger partial charge in [0.15, 0.2) is 34.7 Å². The molecule has 0 aliphatic heterocycles. The molecule has 0 radical (unpaired) electrons. The third-order valence-corrected chi connectivity index (χ3v) is 7.62. The molecule has 3 aliphatic carbocycles. The van der Waals surface area contributed by atoms with E-state index in [1.165, 1.54) is 51.2 Å². The molecule has 1 aromatic rings. The summed E-state index contributed by atoms with van der Waals surface area (Å²) < 4.78 is 0. The number of benzene rings is 1. The Bertz CT molecular complexity index is 1140. The molecular formula is C23H26N2O9. The molecule has 0 aromatic heterocycles. The second kappa shape index (κ2) is 7.51. The zero-order chi connectivity index (χ0) is 25.5. The second-order valence-electron chi connectivity index (χ2n) is 9.58. The van der Waals surface area contributed by atoms with Crippen LogP contribution >= 0.6 is 0 Å². The van der Waals surface area contributed by atoms with Gasteiger partial charge in [0.05, 0.1) is 35.1 Å². The van der Waals surface area contributed by atoms with Crippen LogP contribution in [-0.2, 0) is 24.8 Å². The van der Waals surface area contributed by atoms with Crippen LogP contribution < -0.4 is 5.32 Å². The minimum absolute atomic E-state index is 0.0332. The van der Waals surface area contributed by atoms with Crippen molar-refractivity contribution >= 4 is 29.0 Å². The normalized spacial score (nSPS) is 39.4. The van der Waals surface area contributed by atoms with Crippen molar-refractivity contribution < 1.29 is 44.4 Å². The number of aliphatic hydroxyl groups excluding tert-OH is 1. The molecular weight excluding hydrogens is 448 g/mol. The average molecular weight is 474 g/mol. The third-order valence-electron chi connectivity index (χ3n) is 7.62. The van der Waals surface area contributed by atoms with E-state index in [9.17, 15) is 44.4 Å². The largest absolute Gasteiger partial charge is 0.507 e. The molecule has 11 heteroatoms. The van der Waals surface area contributed by atoms with Crippen LogP contribution in [0.3, 0.4) is 0 Å². The van der Waals surface area contributed by atoms with Crippen LogP contribution in [0.1, 0.15) is 22.8 Å². The number of likely N-dealkylation sites (N-methyl/N-ethyl adjacent to an activating group) is 1. The van der Waals surface area contributed by atoms with E-state index in [2.05, 4.69) is 5.32 Å². The summed E-state index contributed by atoms with van der Waals surface area (Å²) in [6, 6.07) is 2.47. The van der Waals surface area contributed by atoms with Gasteiger partial charge >= 0.3 is 0 Å². The number of ketones is 4. The van der Waals surface area contributed by atoms with Gasteiger partial charge in [0, 0.05) is 13.0 Å².